The van der Waals surface area contributed by atoms with Gasteiger partial charge in [-0.05, 0) is 42.3 Å². The molecule has 8 nitrogen and oxygen atoms in total. The maximum atomic E-state index is 12.3. The first-order valence-corrected chi connectivity index (χ1v) is 12.2. The van der Waals surface area contributed by atoms with Crippen LogP contribution < -0.4 is 10.3 Å². The van der Waals surface area contributed by atoms with Crippen LogP contribution in [0.3, 0.4) is 0 Å². The number of aliphatic imine (C=N–C) groups is 1. The van der Waals surface area contributed by atoms with Crippen molar-refractivity contribution in [1.29, 1.82) is 0 Å². The predicted molar refractivity (Wildman–Crippen MR) is 125 cm³/mol. The highest BCUT2D eigenvalue weighted by Crippen LogP contribution is 2.25. The van der Waals surface area contributed by atoms with Gasteiger partial charge >= 0.3 is 0 Å². The van der Waals surface area contributed by atoms with E-state index in [2.05, 4.69) is 15.5 Å². The third kappa shape index (κ3) is 4.65. The van der Waals surface area contributed by atoms with Gasteiger partial charge < -0.3 is 4.90 Å². The van der Waals surface area contributed by atoms with Crippen molar-refractivity contribution in [3.8, 4) is 0 Å². The number of nitrogens with one attached hydrogen (secondary N) is 1. The lowest BCUT2D eigenvalue weighted by Gasteiger charge is -2.18. The van der Waals surface area contributed by atoms with Crippen LogP contribution in [0.5, 0.6) is 0 Å². The van der Waals surface area contributed by atoms with Crippen LogP contribution in [0.4, 0.5) is 11.4 Å². The molecule has 0 spiro atoms. The molecule has 0 unspecified atom stereocenters. The average Bonchev–Trinajstić information content (AvgIpc) is 3.20. The van der Waals surface area contributed by atoms with E-state index >= 15 is 0 Å². The second-order valence-electron chi connectivity index (χ2n) is 7.36. The molecule has 31 heavy (non-hydrogen) atoms. The summed E-state index contributed by atoms with van der Waals surface area (Å²) in [4.78, 5) is 18.4. The highest BCUT2D eigenvalue weighted by atomic mass is 32.2. The minimum atomic E-state index is -3.51. The fourth-order valence-corrected chi connectivity index (χ4v) is 5.04. The normalized spacial score (nSPS) is 18.4. The molecule has 0 atom stereocenters. The molecule has 2 aliphatic rings. The molecule has 0 aliphatic carbocycles. The van der Waals surface area contributed by atoms with Crippen molar-refractivity contribution in [1.82, 2.24) is 9.73 Å². The second-order valence-corrected chi connectivity index (χ2v) is 10.5. The number of carbonyl (C=O) groups excluding carboxylic acids is 1. The Morgan fingerprint density at radius 2 is 1.94 bits per heavy atom. The SMILES string of the molecule is CN(C)S(=O)(=O)c1cccc(N=C2NN=C(c3ccc(N4CCCC4=O)cc3)CS2)c1. The minimum Gasteiger partial charge on any atom is -0.312 e. The molecule has 10 heteroatoms. The fourth-order valence-electron chi connectivity index (χ4n) is 3.32. The topological polar surface area (TPSA) is 94.4 Å². The van der Waals surface area contributed by atoms with Gasteiger partial charge in [-0.3, -0.25) is 10.2 Å². The summed E-state index contributed by atoms with van der Waals surface area (Å²) in [6.45, 7) is 0.771. The molecule has 1 saturated heterocycles. The van der Waals surface area contributed by atoms with Crippen LogP contribution in [0.2, 0.25) is 0 Å². The first kappa shape index (κ1) is 21.5. The summed E-state index contributed by atoms with van der Waals surface area (Å²) in [6.07, 6.45) is 1.51. The van der Waals surface area contributed by atoms with E-state index in [1.54, 1.807) is 24.3 Å². The van der Waals surface area contributed by atoms with Crippen molar-refractivity contribution in [2.45, 2.75) is 17.7 Å². The molecule has 162 valence electrons. The third-order valence-corrected chi connectivity index (χ3v) is 7.73. The maximum absolute atomic E-state index is 12.3. The van der Waals surface area contributed by atoms with Gasteiger partial charge in [0, 0.05) is 38.5 Å². The van der Waals surface area contributed by atoms with Crippen molar-refractivity contribution in [3.63, 3.8) is 0 Å². The first-order valence-electron chi connectivity index (χ1n) is 9.82. The van der Waals surface area contributed by atoms with Gasteiger partial charge in [0.2, 0.25) is 15.9 Å². The number of sulfonamides is 1. The summed E-state index contributed by atoms with van der Waals surface area (Å²) in [6, 6.07) is 14.4. The fraction of sp³-hybridized carbons (Fsp3) is 0.286. The van der Waals surface area contributed by atoms with E-state index in [0.717, 1.165) is 29.9 Å². The number of carbonyl (C=O) groups is 1. The van der Waals surface area contributed by atoms with Crippen molar-refractivity contribution in [2.24, 2.45) is 10.1 Å². The molecule has 1 N–H and O–H groups in total. The quantitative estimate of drug-likeness (QED) is 0.745. The minimum absolute atomic E-state index is 0.170. The lowest BCUT2D eigenvalue weighted by molar-refractivity contribution is -0.117. The molecule has 1 fully saturated rings. The van der Waals surface area contributed by atoms with Gasteiger partial charge in [-0.25, -0.2) is 17.7 Å². The van der Waals surface area contributed by atoms with Crippen molar-refractivity contribution >= 4 is 49.9 Å². The van der Waals surface area contributed by atoms with E-state index in [9.17, 15) is 13.2 Å². The molecule has 0 aromatic heterocycles. The smallest absolute Gasteiger partial charge is 0.242 e. The summed E-state index contributed by atoms with van der Waals surface area (Å²) in [5.41, 5.74) is 6.27. The number of amides is 1. The van der Waals surface area contributed by atoms with E-state index in [1.807, 2.05) is 29.2 Å². The molecule has 0 radical (unpaired) electrons. The van der Waals surface area contributed by atoms with Gasteiger partial charge in [-0.1, -0.05) is 30.0 Å². The summed E-state index contributed by atoms with van der Waals surface area (Å²) >= 11 is 1.49. The number of amidine groups is 1. The summed E-state index contributed by atoms with van der Waals surface area (Å²) in [7, 11) is -0.517. The molecule has 4 rings (SSSR count). The number of benzene rings is 2. The van der Waals surface area contributed by atoms with Crippen LogP contribution in [-0.2, 0) is 14.8 Å². The molecule has 2 aliphatic heterocycles. The number of thioether (sulfide) groups is 1. The van der Waals surface area contributed by atoms with Crippen LogP contribution in [-0.4, -0.2) is 55.9 Å². The number of hydrogen-bond acceptors (Lipinski definition) is 6. The van der Waals surface area contributed by atoms with Crippen LogP contribution in [0, 0.1) is 0 Å². The van der Waals surface area contributed by atoms with Crippen LogP contribution in [0.1, 0.15) is 18.4 Å². The highest BCUT2D eigenvalue weighted by molar-refractivity contribution is 8.14. The average molecular weight is 458 g/mol. The van der Waals surface area contributed by atoms with E-state index in [4.69, 9.17) is 0 Å². The molecule has 1 amide bonds. The standard InChI is InChI=1S/C21H23N5O3S2/c1-25(2)31(28,29)18-6-3-5-16(13-18)22-21-24-23-19(14-30-21)15-8-10-17(11-9-15)26-12-4-7-20(26)27/h3,5-6,8-11,13H,4,7,12,14H2,1-2H3,(H,22,24). The Kier molecular flexibility index (Phi) is 6.12. The zero-order chi connectivity index (χ0) is 22.0. The molecule has 2 aromatic carbocycles. The first-order chi connectivity index (χ1) is 14.8. The Balaban J connectivity index is 1.47. The van der Waals surface area contributed by atoms with Crippen LogP contribution in [0.15, 0.2) is 63.5 Å². The number of hydrogen-bond donors (Lipinski definition) is 1. The maximum Gasteiger partial charge on any atom is 0.242 e. The van der Waals surface area contributed by atoms with Crippen molar-refractivity contribution in [3.05, 3.63) is 54.1 Å². The Hall–Kier alpha value is -2.69. The van der Waals surface area contributed by atoms with Crippen molar-refractivity contribution in [2.75, 3.05) is 31.3 Å². The largest absolute Gasteiger partial charge is 0.312 e. The molecule has 0 saturated carbocycles. The highest BCUT2D eigenvalue weighted by Gasteiger charge is 2.22. The van der Waals surface area contributed by atoms with E-state index in [-0.39, 0.29) is 10.8 Å². The van der Waals surface area contributed by atoms with Gasteiger partial charge in [-0.2, -0.15) is 5.10 Å². The van der Waals surface area contributed by atoms with Gasteiger partial charge in [0.05, 0.1) is 16.3 Å². The number of nitrogens with zero attached hydrogens (tertiary/aromatic N) is 4. The zero-order valence-corrected chi connectivity index (χ0v) is 18.9. The molecule has 2 aromatic rings. The predicted octanol–water partition coefficient (Wildman–Crippen LogP) is 2.79. The number of anilines is 1. The molecular weight excluding hydrogens is 434 g/mol. The van der Waals surface area contributed by atoms with E-state index in [1.165, 1.54) is 30.2 Å². The number of hydrazone groups is 1. The van der Waals surface area contributed by atoms with E-state index < -0.39 is 10.0 Å². The molecular formula is C21H23N5O3S2. The Morgan fingerprint density at radius 3 is 2.55 bits per heavy atom. The van der Waals surface area contributed by atoms with Gasteiger partial charge in [0.15, 0.2) is 5.17 Å². The Labute approximate surface area is 186 Å². The van der Waals surface area contributed by atoms with Crippen LogP contribution >= 0.6 is 11.8 Å². The Morgan fingerprint density at radius 1 is 1.16 bits per heavy atom. The monoisotopic (exact) mass is 457 g/mol. The third-order valence-electron chi connectivity index (χ3n) is 5.04. The summed E-state index contributed by atoms with van der Waals surface area (Å²) < 4.78 is 25.8. The molecule has 2 heterocycles. The van der Waals surface area contributed by atoms with Crippen molar-refractivity contribution < 1.29 is 13.2 Å². The van der Waals surface area contributed by atoms with Gasteiger partial charge in [0.1, 0.15) is 0 Å². The lowest BCUT2D eigenvalue weighted by atomic mass is 10.1. The molecule has 0 bridgehead atoms. The second kappa shape index (κ2) is 8.81. The zero-order valence-electron chi connectivity index (χ0n) is 17.3. The summed E-state index contributed by atoms with van der Waals surface area (Å²) in [5.74, 6) is 0.798. The summed E-state index contributed by atoms with van der Waals surface area (Å²) in [5, 5.41) is 5.03. The van der Waals surface area contributed by atoms with E-state index in [0.29, 0.717) is 23.0 Å². The van der Waals surface area contributed by atoms with Crippen LogP contribution in [0.25, 0.3) is 0 Å². The lowest BCUT2D eigenvalue weighted by Crippen LogP contribution is -2.26. The van der Waals surface area contributed by atoms with Gasteiger partial charge in [-0.15, -0.1) is 0 Å². The van der Waals surface area contributed by atoms with Gasteiger partial charge in [0.25, 0.3) is 0 Å². The number of rotatable bonds is 5. The Bertz CT molecular complexity index is 1160.